The molecule has 20 heavy (non-hydrogen) atoms. The SMILES string of the molecule is O=C(Nc1ccc(Cl)cn1)c1ccnc(Cl)c1[N+](=O)[O-]. The maximum atomic E-state index is 12.0. The lowest BCUT2D eigenvalue weighted by atomic mass is 10.2. The highest BCUT2D eigenvalue weighted by Gasteiger charge is 2.24. The summed E-state index contributed by atoms with van der Waals surface area (Å²) in [7, 11) is 0. The van der Waals surface area contributed by atoms with Crippen molar-refractivity contribution in [1.29, 1.82) is 0 Å². The van der Waals surface area contributed by atoms with E-state index in [4.69, 9.17) is 23.2 Å². The average Bonchev–Trinajstić information content (AvgIpc) is 2.40. The van der Waals surface area contributed by atoms with E-state index >= 15 is 0 Å². The molecule has 1 N–H and O–H groups in total. The largest absolute Gasteiger partial charge is 0.319 e. The number of nitrogens with zero attached hydrogens (tertiary/aromatic N) is 3. The van der Waals surface area contributed by atoms with Crippen LogP contribution in [0.25, 0.3) is 0 Å². The van der Waals surface area contributed by atoms with E-state index in [-0.39, 0.29) is 16.5 Å². The summed E-state index contributed by atoms with van der Waals surface area (Å²) in [5.41, 5.74) is -0.757. The van der Waals surface area contributed by atoms with Crippen LogP contribution < -0.4 is 5.32 Å². The Morgan fingerprint density at radius 1 is 1.25 bits per heavy atom. The molecule has 0 aromatic carbocycles. The summed E-state index contributed by atoms with van der Waals surface area (Å²) in [6.45, 7) is 0. The summed E-state index contributed by atoms with van der Waals surface area (Å²) in [5.74, 6) is -0.502. The highest BCUT2D eigenvalue weighted by Crippen LogP contribution is 2.26. The first-order chi connectivity index (χ1) is 9.49. The number of rotatable bonds is 3. The molecule has 2 rings (SSSR count). The summed E-state index contributed by atoms with van der Waals surface area (Å²) in [6, 6.07) is 4.20. The van der Waals surface area contributed by atoms with Crippen LogP contribution in [-0.4, -0.2) is 20.8 Å². The first-order valence-electron chi connectivity index (χ1n) is 5.21. The molecule has 0 radical (unpaired) electrons. The van der Waals surface area contributed by atoms with Gasteiger partial charge in [-0.05, 0) is 18.2 Å². The van der Waals surface area contributed by atoms with Crippen LogP contribution in [0, 0.1) is 10.1 Å². The second kappa shape index (κ2) is 5.81. The molecule has 0 bridgehead atoms. The van der Waals surface area contributed by atoms with Crippen LogP contribution in [0.1, 0.15) is 10.4 Å². The van der Waals surface area contributed by atoms with E-state index in [1.54, 1.807) is 0 Å². The molecule has 0 saturated heterocycles. The molecule has 2 heterocycles. The van der Waals surface area contributed by atoms with Crippen molar-refractivity contribution >= 4 is 40.6 Å². The van der Waals surface area contributed by atoms with Gasteiger partial charge < -0.3 is 5.32 Å². The van der Waals surface area contributed by atoms with Crippen molar-refractivity contribution in [3.8, 4) is 0 Å². The molecule has 102 valence electrons. The van der Waals surface area contributed by atoms with Crippen LogP contribution in [-0.2, 0) is 0 Å². The molecular weight excluding hydrogens is 307 g/mol. The zero-order chi connectivity index (χ0) is 14.7. The number of aromatic nitrogens is 2. The van der Waals surface area contributed by atoms with Crippen molar-refractivity contribution in [1.82, 2.24) is 9.97 Å². The fourth-order valence-electron chi connectivity index (χ4n) is 1.42. The van der Waals surface area contributed by atoms with Crippen molar-refractivity contribution in [2.75, 3.05) is 5.32 Å². The Hall–Kier alpha value is -2.25. The Labute approximate surface area is 122 Å². The maximum Gasteiger partial charge on any atom is 0.319 e. The molecule has 9 heteroatoms. The Kier molecular flexibility index (Phi) is 4.11. The minimum Gasteiger partial charge on any atom is -0.306 e. The molecule has 0 atom stereocenters. The number of nitro groups is 1. The number of anilines is 1. The highest BCUT2D eigenvalue weighted by molar-refractivity contribution is 6.32. The van der Waals surface area contributed by atoms with Crippen LogP contribution >= 0.6 is 23.2 Å². The average molecular weight is 313 g/mol. The first-order valence-corrected chi connectivity index (χ1v) is 5.96. The van der Waals surface area contributed by atoms with Gasteiger partial charge in [-0.2, -0.15) is 0 Å². The molecule has 2 aromatic heterocycles. The Balaban J connectivity index is 2.32. The first kappa shape index (κ1) is 14.2. The predicted octanol–water partition coefficient (Wildman–Crippen LogP) is 2.94. The van der Waals surface area contributed by atoms with Crippen LogP contribution in [0.5, 0.6) is 0 Å². The molecule has 0 aliphatic rings. The zero-order valence-corrected chi connectivity index (χ0v) is 11.2. The maximum absolute atomic E-state index is 12.0. The number of amides is 1. The third kappa shape index (κ3) is 3.01. The molecule has 0 aliphatic carbocycles. The number of nitrogens with one attached hydrogen (secondary N) is 1. The molecule has 2 aromatic rings. The zero-order valence-electron chi connectivity index (χ0n) is 9.71. The fraction of sp³-hybridized carbons (Fsp3) is 0. The Bertz CT molecular complexity index is 676. The van der Waals surface area contributed by atoms with Gasteiger partial charge in [-0.25, -0.2) is 9.97 Å². The van der Waals surface area contributed by atoms with Crippen molar-refractivity contribution in [2.24, 2.45) is 0 Å². The van der Waals surface area contributed by atoms with Gasteiger partial charge in [0, 0.05) is 12.4 Å². The quantitative estimate of drug-likeness (QED) is 0.533. The van der Waals surface area contributed by atoms with Gasteiger partial charge in [0.25, 0.3) is 5.91 Å². The van der Waals surface area contributed by atoms with Crippen molar-refractivity contribution in [3.63, 3.8) is 0 Å². The van der Waals surface area contributed by atoms with Gasteiger partial charge in [-0.1, -0.05) is 23.2 Å². The number of carbonyl (C=O) groups is 1. The fourth-order valence-corrected chi connectivity index (χ4v) is 1.76. The van der Waals surface area contributed by atoms with E-state index in [0.29, 0.717) is 5.02 Å². The summed E-state index contributed by atoms with van der Waals surface area (Å²) in [5, 5.41) is 13.4. The van der Waals surface area contributed by atoms with Gasteiger partial charge in [0.1, 0.15) is 11.4 Å². The topological polar surface area (TPSA) is 98.0 Å². The van der Waals surface area contributed by atoms with E-state index in [2.05, 4.69) is 15.3 Å². The van der Waals surface area contributed by atoms with Gasteiger partial charge >= 0.3 is 5.69 Å². The van der Waals surface area contributed by atoms with E-state index in [9.17, 15) is 14.9 Å². The molecule has 0 aliphatic heterocycles. The van der Waals surface area contributed by atoms with Crippen molar-refractivity contribution in [3.05, 3.63) is 56.4 Å². The van der Waals surface area contributed by atoms with Gasteiger partial charge in [0.05, 0.1) is 9.95 Å². The lowest BCUT2D eigenvalue weighted by Gasteiger charge is -2.05. The van der Waals surface area contributed by atoms with E-state index in [1.807, 2.05) is 0 Å². The Morgan fingerprint density at radius 2 is 2.00 bits per heavy atom. The summed E-state index contributed by atoms with van der Waals surface area (Å²) in [6.07, 6.45) is 2.55. The summed E-state index contributed by atoms with van der Waals surface area (Å²) >= 11 is 11.3. The minimum atomic E-state index is -0.764. The van der Waals surface area contributed by atoms with Crippen LogP contribution in [0.4, 0.5) is 11.5 Å². The third-order valence-electron chi connectivity index (χ3n) is 2.28. The predicted molar refractivity (Wildman–Crippen MR) is 73.1 cm³/mol. The normalized spacial score (nSPS) is 10.1. The van der Waals surface area contributed by atoms with E-state index < -0.39 is 16.5 Å². The number of pyridine rings is 2. The van der Waals surface area contributed by atoms with Crippen molar-refractivity contribution in [2.45, 2.75) is 0 Å². The molecule has 0 fully saturated rings. The van der Waals surface area contributed by atoms with Crippen molar-refractivity contribution < 1.29 is 9.72 Å². The standard InChI is InChI=1S/C11H6Cl2N4O3/c12-6-1-2-8(15-5-6)16-11(18)7-3-4-14-10(13)9(7)17(19)20/h1-5H,(H,15,16,18). The van der Waals surface area contributed by atoms with Crippen LogP contribution in [0.2, 0.25) is 10.2 Å². The van der Waals surface area contributed by atoms with E-state index in [0.717, 1.165) is 0 Å². The Morgan fingerprint density at radius 3 is 2.60 bits per heavy atom. The van der Waals surface area contributed by atoms with Crippen LogP contribution in [0.15, 0.2) is 30.6 Å². The summed E-state index contributed by atoms with van der Waals surface area (Å²) in [4.78, 5) is 29.6. The molecule has 0 spiro atoms. The number of hydrogen-bond donors (Lipinski definition) is 1. The smallest absolute Gasteiger partial charge is 0.306 e. The highest BCUT2D eigenvalue weighted by atomic mass is 35.5. The lowest BCUT2D eigenvalue weighted by Crippen LogP contribution is -2.15. The van der Waals surface area contributed by atoms with Crippen LogP contribution in [0.3, 0.4) is 0 Å². The van der Waals surface area contributed by atoms with Gasteiger partial charge in [0.2, 0.25) is 5.15 Å². The minimum absolute atomic E-state index is 0.202. The van der Waals surface area contributed by atoms with Gasteiger partial charge in [0.15, 0.2) is 0 Å². The van der Waals surface area contributed by atoms with E-state index in [1.165, 1.54) is 30.6 Å². The second-order valence-electron chi connectivity index (χ2n) is 3.57. The van der Waals surface area contributed by atoms with Gasteiger partial charge in [-0.15, -0.1) is 0 Å². The third-order valence-corrected chi connectivity index (χ3v) is 2.78. The molecule has 7 nitrogen and oxygen atoms in total. The number of carbonyl (C=O) groups excluding carboxylic acids is 1. The monoisotopic (exact) mass is 312 g/mol. The number of hydrogen-bond acceptors (Lipinski definition) is 5. The lowest BCUT2D eigenvalue weighted by molar-refractivity contribution is -0.385. The molecular formula is C11H6Cl2N4O3. The molecule has 0 saturated carbocycles. The molecule has 0 unspecified atom stereocenters. The molecule has 1 amide bonds. The summed E-state index contributed by atoms with van der Waals surface area (Å²) < 4.78 is 0. The van der Waals surface area contributed by atoms with Gasteiger partial charge in [-0.3, -0.25) is 14.9 Å². The second-order valence-corrected chi connectivity index (χ2v) is 4.37. The number of halogens is 2.